The van der Waals surface area contributed by atoms with Crippen molar-refractivity contribution in [3.8, 4) is 11.3 Å². The highest BCUT2D eigenvalue weighted by molar-refractivity contribution is 6.33. The van der Waals surface area contributed by atoms with Gasteiger partial charge in [0.05, 0.1) is 16.6 Å². The lowest BCUT2D eigenvalue weighted by Crippen LogP contribution is -2.36. The molecule has 138 valence electrons. The fraction of sp³-hybridized carbons (Fsp3) is 0.238. The van der Waals surface area contributed by atoms with E-state index in [1.54, 1.807) is 24.0 Å². The van der Waals surface area contributed by atoms with E-state index in [4.69, 9.17) is 16.3 Å². The van der Waals surface area contributed by atoms with Gasteiger partial charge in [-0.2, -0.15) is 5.10 Å². The van der Waals surface area contributed by atoms with Crippen LogP contribution in [0, 0.1) is 0 Å². The Hall–Kier alpha value is -2.63. The molecule has 0 radical (unpaired) electrons. The van der Waals surface area contributed by atoms with Gasteiger partial charge in [-0.1, -0.05) is 60.1 Å². The number of hydrogen-bond acceptors (Lipinski definition) is 3. The first-order chi connectivity index (χ1) is 13.1. The number of hydrogen-bond donors (Lipinski definition) is 1. The topological polar surface area (TPSA) is 56.2 Å². The molecule has 0 spiro atoms. The Morgan fingerprint density at radius 2 is 1.93 bits per heavy atom. The summed E-state index contributed by atoms with van der Waals surface area (Å²) in [5, 5.41) is 8.15. The second kappa shape index (κ2) is 7.55. The first kappa shape index (κ1) is 17.8. The van der Waals surface area contributed by atoms with Gasteiger partial charge < -0.3 is 10.1 Å². The molecule has 27 heavy (non-hydrogen) atoms. The van der Waals surface area contributed by atoms with Crippen LogP contribution in [-0.2, 0) is 11.8 Å². The molecule has 0 unspecified atom stereocenters. The van der Waals surface area contributed by atoms with Crippen LogP contribution in [0.5, 0.6) is 0 Å². The summed E-state index contributed by atoms with van der Waals surface area (Å²) in [7, 11) is 1.79. The molecule has 1 saturated heterocycles. The molecule has 2 atom stereocenters. The van der Waals surface area contributed by atoms with Gasteiger partial charge in [-0.3, -0.25) is 9.48 Å². The van der Waals surface area contributed by atoms with Crippen LogP contribution in [0.2, 0.25) is 5.02 Å². The second-order valence-electron chi connectivity index (χ2n) is 6.62. The van der Waals surface area contributed by atoms with Gasteiger partial charge in [0.2, 0.25) is 0 Å². The van der Waals surface area contributed by atoms with Crippen LogP contribution in [0.15, 0.2) is 60.8 Å². The Bertz CT molecular complexity index is 955. The van der Waals surface area contributed by atoms with E-state index in [0.717, 1.165) is 17.5 Å². The molecule has 1 N–H and O–H groups in total. The fourth-order valence-corrected chi connectivity index (χ4v) is 3.69. The van der Waals surface area contributed by atoms with Crippen molar-refractivity contribution >= 4 is 17.5 Å². The highest BCUT2D eigenvalue weighted by Gasteiger charge is 2.32. The predicted octanol–water partition coefficient (Wildman–Crippen LogP) is 4.00. The highest BCUT2D eigenvalue weighted by atomic mass is 35.5. The van der Waals surface area contributed by atoms with E-state index in [-0.39, 0.29) is 18.1 Å². The van der Waals surface area contributed by atoms with Crippen LogP contribution in [0.1, 0.15) is 28.4 Å². The molecular weight excluding hydrogens is 362 g/mol. The molecular formula is C21H20ClN3O2. The highest BCUT2D eigenvalue weighted by Crippen LogP contribution is 2.31. The van der Waals surface area contributed by atoms with Gasteiger partial charge in [0.25, 0.3) is 5.91 Å². The van der Waals surface area contributed by atoms with E-state index < -0.39 is 0 Å². The van der Waals surface area contributed by atoms with Crippen LogP contribution in [-0.4, -0.2) is 28.3 Å². The third kappa shape index (κ3) is 3.61. The first-order valence-corrected chi connectivity index (χ1v) is 9.27. The summed E-state index contributed by atoms with van der Waals surface area (Å²) in [4.78, 5) is 13.0. The Balaban J connectivity index is 1.60. The molecule has 2 aromatic carbocycles. The summed E-state index contributed by atoms with van der Waals surface area (Å²) in [5.41, 5.74) is 2.89. The number of aromatic nitrogens is 2. The van der Waals surface area contributed by atoms with Gasteiger partial charge >= 0.3 is 0 Å². The smallest absolute Gasteiger partial charge is 0.255 e. The average Bonchev–Trinajstić information content (AvgIpc) is 3.29. The first-order valence-electron chi connectivity index (χ1n) is 8.89. The molecule has 0 saturated carbocycles. The molecule has 1 aromatic heterocycles. The van der Waals surface area contributed by atoms with Gasteiger partial charge in [0, 0.05) is 25.4 Å². The molecule has 3 aromatic rings. The van der Waals surface area contributed by atoms with Crippen molar-refractivity contribution in [2.24, 2.45) is 7.05 Å². The maximum Gasteiger partial charge on any atom is 0.255 e. The van der Waals surface area contributed by atoms with E-state index in [1.807, 2.05) is 48.5 Å². The zero-order valence-electron chi connectivity index (χ0n) is 14.9. The number of rotatable bonds is 4. The Kier molecular flexibility index (Phi) is 4.97. The number of benzene rings is 2. The summed E-state index contributed by atoms with van der Waals surface area (Å²) in [6.45, 7) is 0.620. The number of nitrogens with one attached hydrogen (secondary N) is 1. The number of ether oxygens (including phenoxy) is 1. The van der Waals surface area contributed by atoms with Gasteiger partial charge in [0.1, 0.15) is 11.8 Å². The number of carbonyl (C=O) groups is 1. The van der Waals surface area contributed by atoms with Crippen molar-refractivity contribution in [3.63, 3.8) is 0 Å². The van der Waals surface area contributed by atoms with Gasteiger partial charge in [0.15, 0.2) is 0 Å². The molecule has 0 aliphatic carbocycles. The van der Waals surface area contributed by atoms with E-state index in [1.165, 1.54) is 0 Å². The van der Waals surface area contributed by atoms with Gasteiger partial charge in [-0.05, 0) is 18.1 Å². The maximum absolute atomic E-state index is 13.0. The summed E-state index contributed by atoms with van der Waals surface area (Å²) in [6.07, 6.45) is 2.35. The third-order valence-electron chi connectivity index (χ3n) is 4.74. The van der Waals surface area contributed by atoms with Gasteiger partial charge in [-0.15, -0.1) is 0 Å². The van der Waals surface area contributed by atoms with E-state index in [2.05, 4.69) is 10.4 Å². The van der Waals surface area contributed by atoms with E-state index >= 15 is 0 Å². The number of carbonyl (C=O) groups excluding carboxylic acids is 1. The zero-order chi connectivity index (χ0) is 18.8. The lowest BCUT2D eigenvalue weighted by atomic mass is 10.0. The quantitative estimate of drug-likeness (QED) is 0.743. The van der Waals surface area contributed by atoms with Crippen molar-refractivity contribution in [2.45, 2.75) is 18.6 Å². The molecule has 1 fully saturated rings. The van der Waals surface area contributed by atoms with Gasteiger partial charge in [-0.25, -0.2) is 0 Å². The monoisotopic (exact) mass is 381 g/mol. The largest absolute Gasteiger partial charge is 0.371 e. The number of amides is 1. The Morgan fingerprint density at radius 1 is 1.19 bits per heavy atom. The predicted molar refractivity (Wildman–Crippen MR) is 105 cm³/mol. The third-order valence-corrected chi connectivity index (χ3v) is 5.07. The summed E-state index contributed by atoms with van der Waals surface area (Å²) >= 11 is 6.32. The fourth-order valence-electron chi connectivity index (χ4n) is 3.46. The van der Waals surface area contributed by atoms with Crippen molar-refractivity contribution in [3.05, 3.63) is 76.9 Å². The minimum absolute atomic E-state index is 0.0841. The lowest BCUT2D eigenvalue weighted by Gasteiger charge is -2.20. The molecule has 1 aliphatic rings. The van der Waals surface area contributed by atoms with Crippen LogP contribution in [0.3, 0.4) is 0 Å². The SMILES string of the molecule is Cn1cc(C(=O)N[C@@H]2CCO[C@@H]2c2ccccc2)c(-c2ccccc2Cl)n1. The van der Waals surface area contributed by atoms with Crippen molar-refractivity contribution in [1.82, 2.24) is 15.1 Å². The molecule has 0 bridgehead atoms. The normalized spacial score (nSPS) is 19.2. The van der Waals surface area contributed by atoms with Crippen LogP contribution >= 0.6 is 11.6 Å². The maximum atomic E-state index is 13.0. The van der Waals surface area contributed by atoms with Crippen molar-refractivity contribution in [1.29, 1.82) is 0 Å². The Labute approximate surface area is 162 Å². The molecule has 1 aliphatic heterocycles. The molecule has 4 rings (SSSR count). The average molecular weight is 382 g/mol. The van der Waals surface area contributed by atoms with Crippen molar-refractivity contribution < 1.29 is 9.53 Å². The molecule has 6 heteroatoms. The number of nitrogens with zero attached hydrogens (tertiary/aromatic N) is 2. The van der Waals surface area contributed by atoms with Crippen molar-refractivity contribution in [2.75, 3.05) is 6.61 Å². The molecule has 5 nitrogen and oxygen atoms in total. The van der Waals surface area contributed by atoms with Crippen LogP contribution in [0.25, 0.3) is 11.3 Å². The van der Waals surface area contributed by atoms with Crippen LogP contribution < -0.4 is 5.32 Å². The Morgan fingerprint density at radius 3 is 2.70 bits per heavy atom. The van der Waals surface area contributed by atoms with Crippen LogP contribution in [0.4, 0.5) is 0 Å². The number of aryl methyl sites for hydroxylation is 1. The molecule has 2 heterocycles. The molecule has 1 amide bonds. The standard InChI is InChI=1S/C21H20ClN3O2/c1-25-13-16(19(24-25)15-9-5-6-10-17(15)22)21(26)23-18-11-12-27-20(18)14-7-3-2-4-8-14/h2-10,13,18,20H,11-12H2,1H3,(H,23,26)/t18-,20-/m1/s1. The minimum atomic E-state index is -0.172. The minimum Gasteiger partial charge on any atom is -0.371 e. The summed E-state index contributed by atoms with van der Waals surface area (Å²) < 4.78 is 7.50. The summed E-state index contributed by atoms with van der Waals surface area (Å²) in [6, 6.07) is 17.3. The van der Waals surface area contributed by atoms with E-state index in [9.17, 15) is 4.79 Å². The zero-order valence-corrected chi connectivity index (χ0v) is 15.7. The number of halogens is 1. The van der Waals surface area contributed by atoms with E-state index in [0.29, 0.717) is 22.9 Å². The summed E-state index contributed by atoms with van der Waals surface area (Å²) in [5.74, 6) is -0.172. The lowest BCUT2D eigenvalue weighted by molar-refractivity contribution is 0.0822. The second-order valence-corrected chi connectivity index (χ2v) is 7.02.